The Morgan fingerprint density at radius 1 is 1.36 bits per heavy atom. The Morgan fingerprint density at radius 3 is 2.64 bits per heavy atom. The predicted molar refractivity (Wildman–Crippen MR) is 102 cm³/mol. The van der Waals surface area contributed by atoms with E-state index in [0.29, 0.717) is 6.42 Å². The molecule has 1 aromatic rings. The standard InChI is InChI=1S/C19H25N3O5S/c1-13-8-15(9-14(2)23)18(28(25,26)17-6-4-3-5-7-17)11-16(12-21-22-20)27-19(18,24)10-13/h3-7,13,15-16,24H,8-12H2,1-2H3/t13-,15+,16-,18+,19+/m1/s1. The monoisotopic (exact) mass is 407 g/mol. The van der Waals surface area contributed by atoms with E-state index in [1.54, 1.807) is 18.2 Å². The normalized spacial score (nSPS) is 35.0. The number of fused-ring (bicyclic) bond motifs is 1. The van der Waals surface area contributed by atoms with Crippen LogP contribution in [0.4, 0.5) is 0 Å². The first-order valence-corrected chi connectivity index (χ1v) is 10.8. The Kier molecular flexibility index (Phi) is 5.55. The van der Waals surface area contributed by atoms with Gasteiger partial charge in [-0.1, -0.05) is 30.2 Å². The maximum absolute atomic E-state index is 13.9. The fourth-order valence-electron chi connectivity index (χ4n) is 5.03. The molecule has 2 aliphatic rings. The molecule has 152 valence electrons. The topological polar surface area (TPSA) is 129 Å². The number of hydrogen-bond acceptors (Lipinski definition) is 6. The third kappa shape index (κ3) is 3.22. The number of sulfone groups is 1. The fraction of sp³-hybridized carbons (Fsp3) is 0.632. The molecule has 5 atom stereocenters. The van der Waals surface area contributed by atoms with Crippen LogP contribution >= 0.6 is 0 Å². The molecule has 1 saturated carbocycles. The van der Waals surface area contributed by atoms with Crippen molar-refractivity contribution < 1.29 is 23.1 Å². The van der Waals surface area contributed by atoms with Crippen molar-refractivity contribution in [3.8, 4) is 0 Å². The number of ether oxygens (including phenoxy) is 1. The van der Waals surface area contributed by atoms with Gasteiger partial charge in [-0.2, -0.15) is 0 Å². The molecule has 1 aliphatic heterocycles. The van der Waals surface area contributed by atoms with Crippen molar-refractivity contribution in [3.63, 3.8) is 0 Å². The maximum atomic E-state index is 13.9. The third-order valence-electron chi connectivity index (χ3n) is 5.94. The second kappa shape index (κ2) is 7.48. The van der Waals surface area contributed by atoms with Gasteiger partial charge in [-0.05, 0) is 49.3 Å². The summed E-state index contributed by atoms with van der Waals surface area (Å²) in [5.41, 5.74) is 8.64. The van der Waals surface area contributed by atoms with Crippen LogP contribution in [0, 0.1) is 11.8 Å². The molecule has 0 aromatic heterocycles. The highest BCUT2D eigenvalue weighted by atomic mass is 32.2. The second-order valence-electron chi connectivity index (χ2n) is 8.00. The Bertz CT molecular complexity index is 899. The minimum absolute atomic E-state index is 0.0216. The molecular weight excluding hydrogens is 382 g/mol. The van der Waals surface area contributed by atoms with Gasteiger partial charge in [0.1, 0.15) is 10.5 Å². The predicted octanol–water partition coefficient (Wildman–Crippen LogP) is 3.01. The third-order valence-corrected chi connectivity index (χ3v) is 8.61. The second-order valence-corrected chi connectivity index (χ2v) is 10.2. The van der Waals surface area contributed by atoms with Crippen LogP contribution in [0.5, 0.6) is 0 Å². The van der Waals surface area contributed by atoms with Crippen LogP contribution in [0.15, 0.2) is 40.3 Å². The van der Waals surface area contributed by atoms with Crippen molar-refractivity contribution >= 4 is 15.6 Å². The molecule has 0 amide bonds. The summed E-state index contributed by atoms with van der Waals surface area (Å²) in [6.07, 6.45) is -0.0916. The Morgan fingerprint density at radius 2 is 2.04 bits per heavy atom. The van der Waals surface area contributed by atoms with Gasteiger partial charge in [0.15, 0.2) is 15.6 Å². The molecule has 1 N–H and O–H groups in total. The quantitative estimate of drug-likeness (QED) is 0.440. The van der Waals surface area contributed by atoms with E-state index in [-0.39, 0.29) is 42.4 Å². The van der Waals surface area contributed by atoms with Gasteiger partial charge in [-0.3, -0.25) is 0 Å². The minimum atomic E-state index is -4.06. The first-order valence-electron chi connectivity index (χ1n) is 9.36. The van der Waals surface area contributed by atoms with E-state index in [0.717, 1.165) is 0 Å². The Hall–Kier alpha value is -1.93. The molecule has 0 unspecified atom stereocenters. The molecule has 1 aromatic carbocycles. The van der Waals surface area contributed by atoms with Crippen molar-refractivity contribution in [2.75, 3.05) is 6.54 Å². The zero-order valence-corrected chi connectivity index (χ0v) is 16.8. The van der Waals surface area contributed by atoms with Gasteiger partial charge in [0, 0.05) is 17.8 Å². The summed E-state index contributed by atoms with van der Waals surface area (Å²) in [6.45, 7) is 3.26. The van der Waals surface area contributed by atoms with Crippen LogP contribution in [-0.4, -0.2) is 42.5 Å². The number of aliphatic hydroxyl groups is 1. The molecule has 1 aliphatic carbocycles. The van der Waals surface area contributed by atoms with Crippen LogP contribution in [-0.2, 0) is 19.4 Å². The molecular formula is C19H25N3O5S. The summed E-state index contributed by atoms with van der Waals surface area (Å²) < 4.78 is 31.9. The highest BCUT2D eigenvalue weighted by Crippen LogP contribution is 2.58. The highest BCUT2D eigenvalue weighted by Gasteiger charge is 2.71. The summed E-state index contributed by atoms with van der Waals surface area (Å²) in [5.74, 6) is -2.70. The van der Waals surface area contributed by atoms with Crippen LogP contribution < -0.4 is 0 Å². The molecule has 8 nitrogen and oxygen atoms in total. The molecule has 1 heterocycles. The van der Waals surface area contributed by atoms with E-state index in [4.69, 9.17) is 10.3 Å². The number of carbonyl (C=O) groups is 1. The van der Waals surface area contributed by atoms with E-state index in [1.165, 1.54) is 19.1 Å². The highest BCUT2D eigenvalue weighted by molar-refractivity contribution is 7.93. The lowest BCUT2D eigenvalue weighted by Crippen LogP contribution is -2.64. The molecule has 0 spiro atoms. The average Bonchev–Trinajstić information content (AvgIpc) is 2.93. The van der Waals surface area contributed by atoms with Crippen LogP contribution in [0.3, 0.4) is 0 Å². The van der Waals surface area contributed by atoms with Crippen molar-refractivity contribution in [2.24, 2.45) is 17.0 Å². The van der Waals surface area contributed by atoms with E-state index in [2.05, 4.69) is 10.0 Å². The van der Waals surface area contributed by atoms with Gasteiger partial charge < -0.3 is 14.6 Å². The number of carbonyl (C=O) groups excluding carboxylic acids is 1. The number of benzene rings is 1. The Balaban J connectivity index is 2.20. The van der Waals surface area contributed by atoms with Crippen LogP contribution in [0.25, 0.3) is 10.4 Å². The summed E-state index contributed by atoms with van der Waals surface area (Å²) in [4.78, 5) is 14.8. The SMILES string of the molecule is CC(=O)C[C@@H]1C[C@@H](C)C[C@]2(O)O[C@@H](CN=[N+]=[N-])C[C@]12S(=O)(=O)c1ccccc1. The van der Waals surface area contributed by atoms with Gasteiger partial charge in [0.2, 0.25) is 0 Å². The Labute approximate surface area is 164 Å². The summed E-state index contributed by atoms with van der Waals surface area (Å²) in [7, 11) is -4.06. The average molecular weight is 407 g/mol. The van der Waals surface area contributed by atoms with Gasteiger partial charge in [0.05, 0.1) is 17.5 Å². The van der Waals surface area contributed by atoms with Gasteiger partial charge in [-0.15, -0.1) is 0 Å². The zero-order chi connectivity index (χ0) is 20.6. The van der Waals surface area contributed by atoms with Crippen molar-refractivity contribution in [1.29, 1.82) is 0 Å². The van der Waals surface area contributed by atoms with Crippen molar-refractivity contribution in [2.45, 2.75) is 61.1 Å². The molecule has 9 heteroatoms. The molecule has 2 fully saturated rings. The summed E-state index contributed by atoms with van der Waals surface area (Å²) in [5, 5.41) is 15.1. The van der Waals surface area contributed by atoms with Crippen molar-refractivity contribution in [1.82, 2.24) is 0 Å². The molecule has 3 rings (SSSR count). The first kappa shape index (κ1) is 20.8. The van der Waals surface area contributed by atoms with E-state index in [9.17, 15) is 18.3 Å². The largest absolute Gasteiger partial charge is 0.364 e. The van der Waals surface area contributed by atoms with Gasteiger partial charge in [0.25, 0.3) is 0 Å². The lowest BCUT2D eigenvalue weighted by Gasteiger charge is -2.50. The minimum Gasteiger partial charge on any atom is -0.364 e. The summed E-state index contributed by atoms with van der Waals surface area (Å²) >= 11 is 0. The number of ketones is 1. The number of azide groups is 1. The van der Waals surface area contributed by atoms with E-state index >= 15 is 0 Å². The van der Waals surface area contributed by atoms with E-state index in [1.807, 2.05) is 6.92 Å². The van der Waals surface area contributed by atoms with Gasteiger partial charge in [-0.25, -0.2) is 8.42 Å². The number of nitrogens with zero attached hydrogens (tertiary/aromatic N) is 3. The van der Waals surface area contributed by atoms with Crippen LogP contribution in [0.1, 0.15) is 39.5 Å². The lowest BCUT2D eigenvalue weighted by atomic mass is 9.67. The maximum Gasteiger partial charge on any atom is 0.189 e. The first-order chi connectivity index (χ1) is 13.2. The van der Waals surface area contributed by atoms with E-state index < -0.39 is 32.4 Å². The lowest BCUT2D eigenvalue weighted by molar-refractivity contribution is -0.232. The fourth-order valence-corrected chi connectivity index (χ4v) is 7.54. The number of rotatable bonds is 6. The summed E-state index contributed by atoms with van der Waals surface area (Å²) in [6, 6.07) is 7.96. The molecule has 0 bridgehead atoms. The van der Waals surface area contributed by atoms with Gasteiger partial charge >= 0.3 is 0 Å². The molecule has 28 heavy (non-hydrogen) atoms. The molecule has 1 saturated heterocycles. The van der Waals surface area contributed by atoms with Crippen molar-refractivity contribution in [3.05, 3.63) is 40.8 Å². The zero-order valence-electron chi connectivity index (χ0n) is 16.0. The van der Waals surface area contributed by atoms with Crippen LogP contribution in [0.2, 0.25) is 0 Å². The number of hydrogen-bond donors (Lipinski definition) is 1. The smallest absolute Gasteiger partial charge is 0.189 e. The molecule has 0 radical (unpaired) electrons. The number of Topliss-reactive ketones (excluding diaryl/α,β-unsaturated/α-hetero) is 1.